The fourth-order valence-corrected chi connectivity index (χ4v) is 1.80. The Morgan fingerprint density at radius 3 is 2.59 bits per heavy atom. The molecule has 0 saturated carbocycles. The summed E-state index contributed by atoms with van der Waals surface area (Å²) in [7, 11) is 0. The Morgan fingerprint density at radius 2 is 2.00 bits per heavy atom. The topological polar surface area (TPSA) is 26.0 Å². The standard InChI is InChI=1S/C14H14ClNO/c1-2-13-12(10-15)16-14(17-13)9-8-11-6-4-3-5-7-11/h3-9H,2,10H2,1H3. The molecule has 0 aliphatic heterocycles. The van der Waals surface area contributed by atoms with E-state index in [9.17, 15) is 0 Å². The Bertz CT molecular complexity index is 481. The largest absolute Gasteiger partial charge is 0.441 e. The molecule has 0 spiro atoms. The van der Waals surface area contributed by atoms with Crippen molar-refractivity contribution in [3.63, 3.8) is 0 Å². The first-order valence-corrected chi connectivity index (χ1v) is 6.14. The Balaban J connectivity index is 2.19. The van der Waals surface area contributed by atoms with Crippen molar-refractivity contribution in [1.82, 2.24) is 4.98 Å². The number of aromatic nitrogens is 1. The fraction of sp³-hybridized carbons (Fsp3) is 0.214. The quantitative estimate of drug-likeness (QED) is 0.759. The Kier molecular flexibility index (Phi) is 3.99. The van der Waals surface area contributed by atoms with E-state index in [2.05, 4.69) is 4.98 Å². The maximum Gasteiger partial charge on any atom is 0.219 e. The van der Waals surface area contributed by atoms with Crippen molar-refractivity contribution in [2.24, 2.45) is 0 Å². The lowest BCUT2D eigenvalue weighted by molar-refractivity contribution is 0.499. The zero-order valence-electron chi connectivity index (χ0n) is 9.69. The Morgan fingerprint density at radius 1 is 1.24 bits per heavy atom. The van der Waals surface area contributed by atoms with E-state index in [0.29, 0.717) is 11.8 Å². The summed E-state index contributed by atoms with van der Waals surface area (Å²) < 4.78 is 5.59. The van der Waals surface area contributed by atoms with E-state index in [4.69, 9.17) is 16.0 Å². The number of rotatable bonds is 4. The first-order chi connectivity index (χ1) is 8.33. The van der Waals surface area contributed by atoms with Gasteiger partial charge in [-0.05, 0) is 11.6 Å². The molecule has 0 saturated heterocycles. The molecule has 17 heavy (non-hydrogen) atoms. The second kappa shape index (κ2) is 5.69. The van der Waals surface area contributed by atoms with Crippen LogP contribution >= 0.6 is 11.6 Å². The molecule has 2 rings (SSSR count). The second-order valence-electron chi connectivity index (χ2n) is 3.65. The summed E-state index contributed by atoms with van der Waals surface area (Å²) in [5.74, 6) is 1.88. The lowest BCUT2D eigenvalue weighted by atomic mass is 10.2. The van der Waals surface area contributed by atoms with Gasteiger partial charge in [-0.1, -0.05) is 37.3 Å². The minimum absolute atomic E-state index is 0.395. The third-order valence-corrected chi connectivity index (χ3v) is 2.71. The van der Waals surface area contributed by atoms with Crippen LogP contribution in [0.15, 0.2) is 34.7 Å². The maximum absolute atomic E-state index is 5.79. The summed E-state index contributed by atoms with van der Waals surface area (Å²) >= 11 is 5.79. The molecule has 1 aromatic carbocycles. The van der Waals surface area contributed by atoms with E-state index in [1.54, 1.807) is 0 Å². The van der Waals surface area contributed by atoms with Crippen LogP contribution in [0.5, 0.6) is 0 Å². The monoisotopic (exact) mass is 247 g/mol. The van der Waals surface area contributed by atoms with E-state index in [0.717, 1.165) is 23.4 Å². The summed E-state index contributed by atoms with van der Waals surface area (Å²) in [6.45, 7) is 2.03. The molecule has 0 N–H and O–H groups in total. The van der Waals surface area contributed by atoms with Crippen molar-refractivity contribution in [3.05, 3.63) is 53.2 Å². The Hall–Kier alpha value is -1.54. The molecule has 1 heterocycles. The zero-order valence-corrected chi connectivity index (χ0v) is 10.4. The number of hydrogen-bond acceptors (Lipinski definition) is 2. The third kappa shape index (κ3) is 2.98. The zero-order chi connectivity index (χ0) is 12.1. The number of hydrogen-bond donors (Lipinski definition) is 0. The highest BCUT2D eigenvalue weighted by atomic mass is 35.5. The van der Waals surface area contributed by atoms with E-state index in [1.165, 1.54) is 0 Å². The number of nitrogens with zero attached hydrogens (tertiary/aromatic N) is 1. The van der Waals surface area contributed by atoms with Gasteiger partial charge in [0.15, 0.2) is 0 Å². The van der Waals surface area contributed by atoms with Gasteiger partial charge in [0.1, 0.15) is 5.76 Å². The third-order valence-electron chi connectivity index (χ3n) is 2.46. The van der Waals surface area contributed by atoms with Crippen LogP contribution in [0, 0.1) is 0 Å². The van der Waals surface area contributed by atoms with Gasteiger partial charge in [0.2, 0.25) is 5.89 Å². The average Bonchev–Trinajstić information content (AvgIpc) is 2.80. The molecule has 0 amide bonds. The fourth-order valence-electron chi connectivity index (χ4n) is 1.59. The molecule has 88 valence electrons. The molecule has 2 nitrogen and oxygen atoms in total. The van der Waals surface area contributed by atoms with Gasteiger partial charge < -0.3 is 4.42 Å². The lowest BCUT2D eigenvalue weighted by Crippen LogP contribution is -1.83. The molecule has 0 radical (unpaired) electrons. The first kappa shape index (κ1) is 11.9. The van der Waals surface area contributed by atoms with E-state index >= 15 is 0 Å². The summed E-state index contributed by atoms with van der Waals surface area (Å²) in [5.41, 5.74) is 1.96. The van der Waals surface area contributed by atoms with E-state index in [1.807, 2.05) is 49.4 Å². The van der Waals surface area contributed by atoms with Crippen molar-refractivity contribution in [1.29, 1.82) is 0 Å². The molecule has 0 aliphatic carbocycles. The summed E-state index contributed by atoms with van der Waals surface area (Å²) in [5, 5.41) is 0. The van der Waals surface area contributed by atoms with Crippen LogP contribution in [0.3, 0.4) is 0 Å². The molecule has 3 heteroatoms. The van der Waals surface area contributed by atoms with Crippen LogP contribution in [0.2, 0.25) is 0 Å². The van der Waals surface area contributed by atoms with E-state index in [-0.39, 0.29) is 0 Å². The van der Waals surface area contributed by atoms with Crippen molar-refractivity contribution < 1.29 is 4.42 Å². The summed E-state index contributed by atoms with van der Waals surface area (Å²) in [6, 6.07) is 10.0. The minimum atomic E-state index is 0.395. The number of aryl methyl sites for hydroxylation is 1. The maximum atomic E-state index is 5.79. The van der Waals surface area contributed by atoms with Gasteiger partial charge in [-0.15, -0.1) is 11.6 Å². The van der Waals surface area contributed by atoms with Crippen LogP contribution in [-0.4, -0.2) is 4.98 Å². The molecule has 2 aromatic rings. The van der Waals surface area contributed by atoms with Crippen LogP contribution in [0.1, 0.15) is 29.8 Å². The molecule has 0 atom stereocenters. The van der Waals surface area contributed by atoms with Crippen molar-refractivity contribution >= 4 is 23.8 Å². The highest BCUT2D eigenvalue weighted by molar-refractivity contribution is 6.16. The highest BCUT2D eigenvalue weighted by Crippen LogP contribution is 2.16. The van der Waals surface area contributed by atoms with Gasteiger partial charge in [0.05, 0.1) is 11.6 Å². The van der Waals surface area contributed by atoms with E-state index < -0.39 is 0 Å². The lowest BCUT2D eigenvalue weighted by Gasteiger charge is -1.89. The predicted octanol–water partition coefficient (Wildman–Crippen LogP) is 4.15. The second-order valence-corrected chi connectivity index (χ2v) is 3.92. The first-order valence-electron chi connectivity index (χ1n) is 5.61. The molecule has 0 fully saturated rings. The molecular formula is C14H14ClNO. The highest BCUT2D eigenvalue weighted by Gasteiger charge is 2.08. The molecule has 0 aliphatic rings. The molecule has 1 aromatic heterocycles. The summed E-state index contributed by atoms with van der Waals surface area (Å²) in [6.07, 6.45) is 4.65. The SMILES string of the molecule is CCc1oc(C=Cc2ccccc2)nc1CCl. The van der Waals surface area contributed by atoms with Gasteiger partial charge in [-0.3, -0.25) is 0 Å². The molecule has 0 unspecified atom stereocenters. The summed E-state index contributed by atoms with van der Waals surface area (Å²) in [4.78, 5) is 4.33. The van der Waals surface area contributed by atoms with Crippen LogP contribution in [-0.2, 0) is 12.3 Å². The molecule has 0 bridgehead atoms. The number of halogens is 1. The predicted molar refractivity (Wildman–Crippen MR) is 70.8 cm³/mol. The van der Waals surface area contributed by atoms with Crippen molar-refractivity contribution in [2.75, 3.05) is 0 Å². The van der Waals surface area contributed by atoms with Crippen LogP contribution in [0.25, 0.3) is 12.2 Å². The van der Waals surface area contributed by atoms with Crippen molar-refractivity contribution in [3.8, 4) is 0 Å². The van der Waals surface area contributed by atoms with Gasteiger partial charge >= 0.3 is 0 Å². The number of alkyl halides is 1. The molecular weight excluding hydrogens is 234 g/mol. The average molecular weight is 248 g/mol. The van der Waals surface area contributed by atoms with Gasteiger partial charge in [0.25, 0.3) is 0 Å². The number of benzene rings is 1. The number of oxazole rings is 1. The van der Waals surface area contributed by atoms with Gasteiger partial charge in [-0.2, -0.15) is 0 Å². The van der Waals surface area contributed by atoms with Crippen LogP contribution < -0.4 is 0 Å². The minimum Gasteiger partial charge on any atom is -0.441 e. The van der Waals surface area contributed by atoms with Crippen LogP contribution in [0.4, 0.5) is 0 Å². The van der Waals surface area contributed by atoms with Gasteiger partial charge in [0, 0.05) is 12.5 Å². The van der Waals surface area contributed by atoms with Gasteiger partial charge in [-0.25, -0.2) is 4.98 Å². The Labute approximate surface area is 106 Å². The normalized spacial score (nSPS) is 11.2. The van der Waals surface area contributed by atoms with Crippen molar-refractivity contribution in [2.45, 2.75) is 19.2 Å². The smallest absolute Gasteiger partial charge is 0.219 e.